The number of benzene rings is 1. The zero-order chi connectivity index (χ0) is 18.1. The van der Waals surface area contributed by atoms with Crippen molar-refractivity contribution in [1.29, 1.82) is 5.26 Å². The number of nitriles is 1. The van der Waals surface area contributed by atoms with E-state index in [0.717, 1.165) is 17.9 Å². The molecular formula is C20H21N3O3. The molecule has 134 valence electrons. The number of aromatic amines is 1. The lowest BCUT2D eigenvalue weighted by Gasteiger charge is -2.20. The first kappa shape index (κ1) is 16.6. The molecule has 1 aromatic carbocycles. The van der Waals surface area contributed by atoms with Crippen LogP contribution in [0.5, 0.6) is 0 Å². The van der Waals surface area contributed by atoms with E-state index in [-0.39, 0.29) is 29.7 Å². The average Bonchev–Trinajstić information content (AvgIpc) is 3.35. The molecular weight excluding hydrogens is 330 g/mol. The number of allylic oxidation sites excluding steroid dienone is 1. The summed E-state index contributed by atoms with van der Waals surface area (Å²) in [7, 11) is 0. The van der Waals surface area contributed by atoms with E-state index in [4.69, 9.17) is 4.74 Å². The third-order valence-corrected chi connectivity index (χ3v) is 5.71. The molecule has 0 saturated heterocycles. The first-order valence-electron chi connectivity index (χ1n) is 9.07. The van der Waals surface area contributed by atoms with E-state index < -0.39 is 0 Å². The second kappa shape index (κ2) is 6.83. The number of carbonyl (C=O) groups excluding carboxylic acids is 1. The Morgan fingerprint density at radius 3 is 2.88 bits per heavy atom. The summed E-state index contributed by atoms with van der Waals surface area (Å²) >= 11 is 0. The normalized spacial score (nSPS) is 25.1. The zero-order valence-corrected chi connectivity index (χ0v) is 14.4. The summed E-state index contributed by atoms with van der Waals surface area (Å²) in [6, 6.07) is 9.30. The van der Waals surface area contributed by atoms with Gasteiger partial charge in [0.2, 0.25) is 0 Å². The maximum atomic E-state index is 12.1. The fourth-order valence-corrected chi connectivity index (χ4v) is 4.45. The molecule has 6 heteroatoms. The number of aliphatic hydroxyl groups excluding tert-OH is 1. The molecule has 1 heterocycles. The monoisotopic (exact) mass is 351 g/mol. The van der Waals surface area contributed by atoms with Crippen LogP contribution in [0.4, 0.5) is 0 Å². The smallest absolute Gasteiger partial charge is 0.306 e. The predicted molar refractivity (Wildman–Crippen MR) is 95.8 cm³/mol. The molecule has 0 aliphatic heterocycles. The summed E-state index contributed by atoms with van der Waals surface area (Å²) < 4.78 is 5.21. The van der Waals surface area contributed by atoms with E-state index in [0.29, 0.717) is 23.8 Å². The lowest BCUT2D eigenvalue weighted by Crippen LogP contribution is -2.18. The van der Waals surface area contributed by atoms with Gasteiger partial charge in [-0.1, -0.05) is 18.6 Å². The van der Waals surface area contributed by atoms with Crippen LogP contribution in [0.1, 0.15) is 37.9 Å². The van der Waals surface area contributed by atoms with Gasteiger partial charge in [0.1, 0.15) is 18.2 Å². The molecule has 6 nitrogen and oxygen atoms in total. The number of aliphatic hydroxyl groups is 1. The van der Waals surface area contributed by atoms with Crippen LogP contribution in [0, 0.1) is 29.1 Å². The van der Waals surface area contributed by atoms with Crippen LogP contribution in [-0.2, 0) is 9.53 Å². The highest BCUT2D eigenvalue weighted by Gasteiger charge is 2.40. The first-order valence-corrected chi connectivity index (χ1v) is 9.07. The minimum Gasteiger partial charge on any atom is -0.507 e. The van der Waals surface area contributed by atoms with Crippen molar-refractivity contribution in [1.82, 2.24) is 9.97 Å². The SMILES string of the molecule is N#C/C(=C(/O)COC(=O)C[C@@H]1C[C@H]2CC[C@@H]1C2)c1nc2ccccc2[nH]1. The molecule has 3 atom stereocenters. The van der Waals surface area contributed by atoms with Crippen LogP contribution >= 0.6 is 0 Å². The van der Waals surface area contributed by atoms with Crippen LogP contribution in [0.3, 0.4) is 0 Å². The number of nitrogens with one attached hydrogen (secondary N) is 1. The predicted octanol–water partition coefficient (Wildman–Crippen LogP) is 3.73. The number of H-pyrrole nitrogens is 1. The van der Waals surface area contributed by atoms with Gasteiger partial charge in [0.05, 0.1) is 11.0 Å². The molecule has 2 saturated carbocycles. The Morgan fingerprint density at radius 1 is 1.35 bits per heavy atom. The van der Waals surface area contributed by atoms with Gasteiger partial charge in [-0.15, -0.1) is 0 Å². The fourth-order valence-electron chi connectivity index (χ4n) is 4.45. The fraction of sp³-hybridized carbons (Fsp3) is 0.450. The Balaban J connectivity index is 1.40. The number of para-hydroxylation sites is 2. The molecule has 2 bridgehead atoms. The number of imidazole rings is 1. The molecule has 26 heavy (non-hydrogen) atoms. The number of carbonyl (C=O) groups is 1. The van der Waals surface area contributed by atoms with Crippen molar-refractivity contribution < 1.29 is 14.6 Å². The Kier molecular flexibility index (Phi) is 4.37. The maximum Gasteiger partial charge on any atom is 0.306 e. The van der Waals surface area contributed by atoms with Gasteiger partial charge in [0.15, 0.2) is 11.6 Å². The Bertz CT molecular complexity index is 875. The molecule has 2 fully saturated rings. The summed E-state index contributed by atoms with van der Waals surface area (Å²) in [6.45, 7) is -0.306. The number of hydrogen-bond donors (Lipinski definition) is 2. The van der Waals surface area contributed by atoms with Crippen LogP contribution in [0.25, 0.3) is 16.6 Å². The van der Waals surface area contributed by atoms with Crippen LogP contribution in [0.15, 0.2) is 30.0 Å². The summed E-state index contributed by atoms with van der Waals surface area (Å²) in [5, 5.41) is 19.6. The van der Waals surface area contributed by atoms with Crippen LogP contribution < -0.4 is 0 Å². The van der Waals surface area contributed by atoms with Gasteiger partial charge in [-0.2, -0.15) is 5.26 Å². The van der Waals surface area contributed by atoms with E-state index in [1.54, 1.807) is 0 Å². The van der Waals surface area contributed by atoms with Crippen molar-refractivity contribution in [3.05, 3.63) is 35.8 Å². The van der Waals surface area contributed by atoms with Gasteiger partial charge in [-0.3, -0.25) is 4.79 Å². The maximum absolute atomic E-state index is 12.1. The highest BCUT2D eigenvalue weighted by Crippen LogP contribution is 2.49. The van der Waals surface area contributed by atoms with Gasteiger partial charge in [-0.05, 0) is 49.1 Å². The molecule has 0 amide bonds. The van der Waals surface area contributed by atoms with Crippen molar-refractivity contribution in [3.8, 4) is 6.07 Å². The van der Waals surface area contributed by atoms with Gasteiger partial charge >= 0.3 is 5.97 Å². The largest absolute Gasteiger partial charge is 0.507 e. The van der Waals surface area contributed by atoms with E-state index in [1.165, 1.54) is 19.3 Å². The lowest BCUT2D eigenvalue weighted by atomic mass is 9.86. The minimum atomic E-state index is -0.309. The minimum absolute atomic E-state index is 0.00563. The summed E-state index contributed by atoms with van der Waals surface area (Å²) in [4.78, 5) is 19.4. The quantitative estimate of drug-likeness (QED) is 0.486. The number of ether oxygens (including phenoxy) is 1. The Morgan fingerprint density at radius 2 is 2.19 bits per heavy atom. The van der Waals surface area contributed by atoms with Gasteiger partial charge in [0.25, 0.3) is 0 Å². The third-order valence-electron chi connectivity index (χ3n) is 5.71. The van der Waals surface area contributed by atoms with Gasteiger partial charge in [-0.25, -0.2) is 4.98 Å². The van der Waals surface area contributed by atoms with Crippen LogP contribution in [-0.4, -0.2) is 27.7 Å². The second-order valence-electron chi connectivity index (χ2n) is 7.34. The first-order chi connectivity index (χ1) is 12.6. The van der Waals surface area contributed by atoms with Crippen molar-refractivity contribution in [2.75, 3.05) is 6.61 Å². The Labute approximate surface area is 151 Å². The molecule has 2 N–H and O–H groups in total. The molecule has 4 rings (SSSR count). The lowest BCUT2D eigenvalue weighted by molar-refractivity contribution is -0.144. The van der Waals surface area contributed by atoms with E-state index in [2.05, 4.69) is 9.97 Å². The molecule has 0 unspecified atom stereocenters. The van der Waals surface area contributed by atoms with Crippen molar-refractivity contribution in [2.45, 2.75) is 32.1 Å². The topological polar surface area (TPSA) is 99.0 Å². The third kappa shape index (κ3) is 3.17. The highest BCUT2D eigenvalue weighted by atomic mass is 16.5. The van der Waals surface area contributed by atoms with Gasteiger partial charge in [0, 0.05) is 6.42 Å². The van der Waals surface area contributed by atoms with E-state index in [9.17, 15) is 15.2 Å². The molecule has 0 spiro atoms. The number of nitrogens with zero attached hydrogens (tertiary/aromatic N) is 2. The molecule has 2 aliphatic carbocycles. The number of fused-ring (bicyclic) bond motifs is 3. The van der Waals surface area contributed by atoms with Crippen LogP contribution in [0.2, 0.25) is 0 Å². The highest BCUT2D eigenvalue weighted by molar-refractivity contribution is 5.83. The second-order valence-corrected chi connectivity index (χ2v) is 7.34. The van der Waals surface area contributed by atoms with Crippen molar-refractivity contribution in [3.63, 3.8) is 0 Å². The number of hydrogen-bond acceptors (Lipinski definition) is 5. The Hall–Kier alpha value is -2.81. The summed E-state index contributed by atoms with van der Waals surface area (Å²) in [5.74, 6) is 1.53. The zero-order valence-electron chi connectivity index (χ0n) is 14.4. The summed E-state index contributed by atoms with van der Waals surface area (Å²) in [6.07, 6.45) is 5.28. The standard InChI is InChI=1S/C20H21N3O3/c21-10-15(20-22-16-3-1-2-4-17(16)23-20)18(24)11-26-19(25)9-14-8-12-5-6-13(14)7-12/h1-4,12-14,24H,5-9,11H2,(H,22,23)/b18-15-/t12-,13+,14-/m0/s1. The number of aromatic nitrogens is 2. The average molecular weight is 351 g/mol. The van der Waals surface area contributed by atoms with E-state index >= 15 is 0 Å². The number of rotatable bonds is 5. The van der Waals surface area contributed by atoms with Gasteiger partial charge < -0.3 is 14.8 Å². The molecule has 1 aromatic heterocycles. The van der Waals surface area contributed by atoms with Crippen molar-refractivity contribution >= 4 is 22.6 Å². The molecule has 0 radical (unpaired) electrons. The summed E-state index contributed by atoms with van der Waals surface area (Å²) in [5.41, 5.74) is 1.47. The molecule has 2 aliphatic rings. The number of esters is 1. The van der Waals surface area contributed by atoms with E-state index in [1.807, 2.05) is 30.3 Å². The van der Waals surface area contributed by atoms with Crippen molar-refractivity contribution in [2.24, 2.45) is 17.8 Å². The molecule has 2 aromatic rings.